The highest BCUT2D eigenvalue weighted by molar-refractivity contribution is 5.94. The summed E-state index contributed by atoms with van der Waals surface area (Å²) in [7, 11) is 1.25. The largest absolute Gasteiger partial charge is 0.465 e. The van der Waals surface area contributed by atoms with E-state index in [9.17, 15) is 14.4 Å². The number of carbonyl (C=O) groups excluding carboxylic acids is 3. The Kier molecular flexibility index (Phi) is 4.15. The number of rotatable bonds is 2. The average molecular weight is 237 g/mol. The molecule has 7 nitrogen and oxygen atoms in total. The fourth-order valence-corrected chi connectivity index (χ4v) is 0.976. The van der Waals surface area contributed by atoms with Crippen molar-refractivity contribution < 1.29 is 19.1 Å². The Bertz CT molecular complexity index is 441. The Morgan fingerprint density at radius 2 is 1.94 bits per heavy atom. The predicted molar refractivity (Wildman–Crippen MR) is 56.9 cm³/mol. The molecular weight excluding hydrogens is 226 g/mol. The maximum Gasteiger partial charge on any atom is 0.339 e. The minimum Gasteiger partial charge on any atom is -0.465 e. The molecule has 1 aromatic heterocycles. The molecule has 1 rings (SSSR count). The van der Waals surface area contributed by atoms with Gasteiger partial charge in [-0.25, -0.2) is 4.79 Å². The molecule has 0 aromatic carbocycles. The first-order chi connectivity index (χ1) is 8.04. The van der Waals surface area contributed by atoms with Crippen LogP contribution in [0.5, 0.6) is 0 Å². The quantitative estimate of drug-likeness (QED) is 0.541. The highest BCUT2D eigenvalue weighted by atomic mass is 16.5. The summed E-state index contributed by atoms with van der Waals surface area (Å²) in [6.45, 7) is 1.26. The van der Waals surface area contributed by atoms with Crippen LogP contribution in [-0.4, -0.2) is 29.9 Å². The van der Waals surface area contributed by atoms with Gasteiger partial charge in [0.2, 0.25) is 5.91 Å². The van der Waals surface area contributed by atoms with Crippen LogP contribution in [0, 0.1) is 0 Å². The zero-order chi connectivity index (χ0) is 12.8. The van der Waals surface area contributed by atoms with Crippen molar-refractivity contribution in [2.75, 3.05) is 7.11 Å². The van der Waals surface area contributed by atoms with Gasteiger partial charge in [-0.3, -0.25) is 25.4 Å². The molecule has 2 amide bonds. The smallest absolute Gasteiger partial charge is 0.339 e. The van der Waals surface area contributed by atoms with Gasteiger partial charge >= 0.3 is 5.97 Å². The van der Waals surface area contributed by atoms with Crippen LogP contribution in [-0.2, 0) is 9.53 Å². The highest BCUT2D eigenvalue weighted by Crippen LogP contribution is 2.01. The van der Waals surface area contributed by atoms with Crippen LogP contribution >= 0.6 is 0 Å². The lowest BCUT2D eigenvalue weighted by molar-refractivity contribution is -0.119. The Labute approximate surface area is 97.1 Å². The lowest BCUT2D eigenvalue weighted by Crippen LogP contribution is -2.40. The normalized spacial score (nSPS) is 9.29. The van der Waals surface area contributed by atoms with E-state index >= 15 is 0 Å². The zero-order valence-corrected chi connectivity index (χ0v) is 9.31. The molecule has 90 valence electrons. The van der Waals surface area contributed by atoms with E-state index in [1.54, 1.807) is 0 Å². The van der Waals surface area contributed by atoms with E-state index in [4.69, 9.17) is 0 Å². The number of carbonyl (C=O) groups is 3. The molecule has 0 aliphatic heterocycles. The number of nitrogens with zero attached hydrogens (tertiary/aromatic N) is 1. The van der Waals surface area contributed by atoms with E-state index in [0.717, 1.165) is 0 Å². The molecule has 0 radical (unpaired) electrons. The van der Waals surface area contributed by atoms with Crippen LogP contribution in [0.25, 0.3) is 0 Å². The van der Waals surface area contributed by atoms with E-state index in [1.807, 2.05) is 0 Å². The van der Waals surface area contributed by atoms with Gasteiger partial charge in [-0.05, 0) is 12.1 Å². The van der Waals surface area contributed by atoms with Crippen molar-refractivity contribution in [3.05, 3.63) is 29.6 Å². The molecule has 0 spiro atoms. The van der Waals surface area contributed by atoms with Gasteiger partial charge in [0.05, 0.1) is 12.7 Å². The van der Waals surface area contributed by atoms with Crippen LogP contribution in [0.15, 0.2) is 18.3 Å². The third-order valence-electron chi connectivity index (χ3n) is 1.77. The lowest BCUT2D eigenvalue weighted by Gasteiger charge is -2.04. The lowest BCUT2D eigenvalue weighted by atomic mass is 10.2. The van der Waals surface area contributed by atoms with E-state index in [0.29, 0.717) is 0 Å². The molecule has 0 fully saturated rings. The molecule has 17 heavy (non-hydrogen) atoms. The fraction of sp³-hybridized carbons (Fsp3) is 0.200. The Morgan fingerprint density at radius 1 is 1.24 bits per heavy atom. The summed E-state index contributed by atoms with van der Waals surface area (Å²) >= 11 is 0. The highest BCUT2D eigenvalue weighted by Gasteiger charge is 2.10. The zero-order valence-electron chi connectivity index (χ0n) is 9.31. The van der Waals surface area contributed by atoms with Crippen molar-refractivity contribution in [1.82, 2.24) is 15.8 Å². The van der Waals surface area contributed by atoms with Gasteiger partial charge in [0, 0.05) is 13.1 Å². The number of hydrogen-bond acceptors (Lipinski definition) is 5. The van der Waals surface area contributed by atoms with Gasteiger partial charge in [-0.2, -0.15) is 0 Å². The first-order valence-corrected chi connectivity index (χ1v) is 4.66. The third kappa shape index (κ3) is 3.56. The summed E-state index contributed by atoms with van der Waals surface area (Å²) in [6.07, 6.45) is 1.22. The van der Waals surface area contributed by atoms with Gasteiger partial charge in [-0.1, -0.05) is 0 Å². The molecule has 1 aromatic rings. The Balaban J connectivity index is 2.70. The number of aromatic nitrogens is 1. The summed E-state index contributed by atoms with van der Waals surface area (Å²) in [5, 5.41) is 0. The van der Waals surface area contributed by atoms with Crippen LogP contribution < -0.4 is 10.9 Å². The Morgan fingerprint density at radius 3 is 2.41 bits per heavy atom. The summed E-state index contributed by atoms with van der Waals surface area (Å²) < 4.78 is 4.48. The molecule has 0 atom stereocenters. The standard InChI is InChI=1S/C10H11N3O4/c1-6(14)12-13-9(15)8-4-3-7(5-11-8)10(16)17-2/h3-5H,1-2H3,(H,12,14)(H,13,15). The number of nitrogens with one attached hydrogen (secondary N) is 2. The molecule has 0 saturated carbocycles. The third-order valence-corrected chi connectivity index (χ3v) is 1.77. The molecule has 7 heteroatoms. The maximum absolute atomic E-state index is 11.4. The molecule has 0 bridgehead atoms. The van der Waals surface area contributed by atoms with Crippen LogP contribution in [0.1, 0.15) is 27.8 Å². The van der Waals surface area contributed by atoms with E-state index in [-0.39, 0.29) is 11.3 Å². The first kappa shape index (κ1) is 12.6. The number of esters is 1. The second kappa shape index (κ2) is 5.59. The summed E-state index contributed by atoms with van der Waals surface area (Å²) in [6, 6.07) is 2.75. The molecule has 0 unspecified atom stereocenters. The van der Waals surface area contributed by atoms with Crippen molar-refractivity contribution in [3.8, 4) is 0 Å². The van der Waals surface area contributed by atoms with Crippen LogP contribution in [0.3, 0.4) is 0 Å². The topological polar surface area (TPSA) is 97.4 Å². The van der Waals surface area contributed by atoms with Crippen molar-refractivity contribution >= 4 is 17.8 Å². The van der Waals surface area contributed by atoms with Crippen LogP contribution in [0.2, 0.25) is 0 Å². The number of methoxy groups -OCH3 is 1. The van der Waals surface area contributed by atoms with Gasteiger partial charge in [-0.15, -0.1) is 0 Å². The summed E-state index contributed by atoms with van der Waals surface area (Å²) in [5.41, 5.74) is 4.58. The van der Waals surface area contributed by atoms with Gasteiger partial charge in [0.1, 0.15) is 5.69 Å². The fourth-order valence-electron chi connectivity index (χ4n) is 0.976. The van der Waals surface area contributed by atoms with E-state index in [1.165, 1.54) is 32.4 Å². The predicted octanol–water partition coefficient (Wildman–Crippen LogP) is -0.351. The average Bonchev–Trinajstić information content (AvgIpc) is 2.35. The van der Waals surface area contributed by atoms with Crippen molar-refractivity contribution in [2.45, 2.75) is 6.92 Å². The van der Waals surface area contributed by atoms with Crippen molar-refractivity contribution in [3.63, 3.8) is 0 Å². The molecular formula is C10H11N3O4. The van der Waals surface area contributed by atoms with E-state index < -0.39 is 17.8 Å². The summed E-state index contributed by atoms with van der Waals surface area (Å²) in [5.74, 6) is -1.51. The molecule has 0 saturated heterocycles. The number of ether oxygens (including phenoxy) is 1. The minimum absolute atomic E-state index is 0.0754. The second-order valence-electron chi connectivity index (χ2n) is 3.06. The number of pyridine rings is 1. The molecule has 2 N–H and O–H groups in total. The first-order valence-electron chi connectivity index (χ1n) is 4.66. The van der Waals surface area contributed by atoms with Gasteiger partial charge in [0.15, 0.2) is 0 Å². The number of hydrogen-bond donors (Lipinski definition) is 2. The second-order valence-corrected chi connectivity index (χ2v) is 3.06. The van der Waals surface area contributed by atoms with Gasteiger partial charge in [0.25, 0.3) is 5.91 Å². The van der Waals surface area contributed by atoms with Crippen LogP contribution in [0.4, 0.5) is 0 Å². The minimum atomic E-state index is -0.573. The maximum atomic E-state index is 11.4. The van der Waals surface area contributed by atoms with Crippen molar-refractivity contribution in [2.24, 2.45) is 0 Å². The molecule has 0 aliphatic carbocycles. The summed E-state index contributed by atoms with van der Waals surface area (Å²) in [4.78, 5) is 36.8. The monoisotopic (exact) mass is 237 g/mol. The number of amides is 2. The molecule has 1 heterocycles. The van der Waals surface area contributed by atoms with Gasteiger partial charge < -0.3 is 4.74 Å². The van der Waals surface area contributed by atoms with E-state index in [2.05, 4.69) is 20.6 Å². The molecule has 0 aliphatic rings. The Hall–Kier alpha value is -2.44. The number of hydrazine groups is 1. The SMILES string of the molecule is COC(=O)c1ccc(C(=O)NNC(C)=O)nc1. The van der Waals surface area contributed by atoms with Crippen molar-refractivity contribution in [1.29, 1.82) is 0 Å².